The first-order valence-electron chi connectivity index (χ1n) is 10.4. The van der Waals surface area contributed by atoms with Crippen molar-refractivity contribution in [3.8, 4) is 0 Å². The normalized spacial score (nSPS) is 13.7. The molecule has 2 atom stereocenters. The van der Waals surface area contributed by atoms with Gasteiger partial charge < -0.3 is 22.1 Å². The minimum Gasteiger partial charge on any atom is -0.370 e. The zero-order valence-corrected chi connectivity index (χ0v) is 19.2. The molecule has 178 valence electrons. The van der Waals surface area contributed by atoms with E-state index in [-0.39, 0.29) is 23.7 Å². The lowest BCUT2D eigenvalue weighted by atomic mass is 10.0. The summed E-state index contributed by atoms with van der Waals surface area (Å²) in [6.45, 7) is 0.378. The van der Waals surface area contributed by atoms with Gasteiger partial charge in [0.15, 0.2) is 5.96 Å². The van der Waals surface area contributed by atoms with Crippen molar-refractivity contribution >= 4 is 27.8 Å². The summed E-state index contributed by atoms with van der Waals surface area (Å²) in [5, 5.41) is 5.45. The number of nitrogens with zero attached hydrogens (tertiary/aromatic N) is 1. The fraction of sp³-hybridized carbons (Fsp3) is 0.318. The Bertz CT molecular complexity index is 1050. The lowest BCUT2D eigenvalue weighted by molar-refractivity contribution is -0.128. The van der Waals surface area contributed by atoms with Gasteiger partial charge >= 0.3 is 0 Å². The smallest absolute Gasteiger partial charge is 0.241 e. The van der Waals surface area contributed by atoms with Crippen LogP contribution in [0.1, 0.15) is 18.4 Å². The topological polar surface area (TPSA) is 169 Å². The second kappa shape index (κ2) is 12.6. The maximum absolute atomic E-state index is 13.0. The summed E-state index contributed by atoms with van der Waals surface area (Å²) in [6.07, 6.45) is 0.745. The van der Waals surface area contributed by atoms with E-state index in [1.165, 1.54) is 19.2 Å². The van der Waals surface area contributed by atoms with Crippen molar-refractivity contribution in [3.05, 3.63) is 66.2 Å². The van der Waals surface area contributed by atoms with Crippen LogP contribution in [0.3, 0.4) is 0 Å². The molecule has 2 rings (SSSR count). The van der Waals surface area contributed by atoms with Crippen molar-refractivity contribution in [3.63, 3.8) is 0 Å². The van der Waals surface area contributed by atoms with Crippen LogP contribution < -0.4 is 26.8 Å². The van der Waals surface area contributed by atoms with Crippen LogP contribution in [0.5, 0.6) is 0 Å². The van der Waals surface area contributed by atoms with Crippen molar-refractivity contribution in [2.45, 2.75) is 36.2 Å². The first kappa shape index (κ1) is 25.8. The van der Waals surface area contributed by atoms with Crippen LogP contribution in [0.15, 0.2) is 70.6 Å². The van der Waals surface area contributed by atoms with Crippen molar-refractivity contribution < 1.29 is 18.0 Å². The lowest BCUT2D eigenvalue weighted by Gasteiger charge is -2.22. The van der Waals surface area contributed by atoms with Gasteiger partial charge in [0, 0.05) is 20.0 Å². The number of hydrogen-bond acceptors (Lipinski definition) is 5. The number of carbonyl (C=O) groups excluding carboxylic acids is 2. The van der Waals surface area contributed by atoms with E-state index >= 15 is 0 Å². The number of nitrogens with one attached hydrogen (secondary N) is 3. The molecule has 0 unspecified atom stereocenters. The van der Waals surface area contributed by atoms with Crippen molar-refractivity contribution in [2.75, 3.05) is 13.6 Å². The molecule has 0 spiro atoms. The average Bonchev–Trinajstić information content (AvgIpc) is 2.81. The van der Waals surface area contributed by atoms with Crippen molar-refractivity contribution in [1.82, 2.24) is 15.4 Å². The number of sulfonamides is 1. The molecular weight excluding hydrogens is 444 g/mol. The third-order valence-corrected chi connectivity index (χ3v) is 6.31. The van der Waals surface area contributed by atoms with Gasteiger partial charge in [-0.25, -0.2) is 8.42 Å². The summed E-state index contributed by atoms with van der Waals surface area (Å²) in [6, 6.07) is 14.7. The number of primary amides is 1. The second-order valence-corrected chi connectivity index (χ2v) is 9.03. The standard InChI is InChI=1S/C22H30N6O4S/c1-25-22(24)26-14-8-13-18(28-33(31,32)17-11-6-3-7-12-17)21(30)27-19(20(23)29)15-16-9-4-2-5-10-16/h2-7,9-12,18-19,28H,8,13-15H2,1H3,(H2,23,29)(H,27,30)(H3,24,25,26)/t18-,19-/m0/s1. The summed E-state index contributed by atoms with van der Waals surface area (Å²) >= 11 is 0. The molecule has 0 fully saturated rings. The summed E-state index contributed by atoms with van der Waals surface area (Å²) in [4.78, 5) is 28.8. The number of rotatable bonds is 12. The van der Waals surface area contributed by atoms with Crippen LogP contribution >= 0.6 is 0 Å². The molecule has 0 aromatic heterocycles. The Labute approximate surface area is 193 Å². The molecule has 2 aromatic rings. The van der Waals surface area contributed by atoms with Crippen LogP contribution in [-0.4, -0.2) is 51.9 Å². The molecule has 2 aromatic carbocycles. The number of amides is 2. The molecule has 0 aliphatic heterocycles. The van der Waals surface area contributed by atoms with Gasteiger partial charge in [-0.1, -0.05) is 48.5 Å². The first-order chi connectivity index (χ1) is 15.7. The summed E-state index contributed by atoms with van der Waals surface area (Å²) in [7, 11) is -2.44. The molecule has 11 heteroatoms. The zero-order valence-electron chi connectivity index (χ0n) is 18.4. The predicted molar refractivity (Wildman–Crippen MR) is 127 cm³/mol. The third-order valence-electron chi connectivity index (χ3n) is 4.83. The highest BCUT2D eigenvalue weighted by molar-refractivity contribution is 7.89. The molecule has 7 N–H and O–H groups in total. The third kappa shape index (κ3) is 8.54. The molecule has 0 aliphatic rings. The van der Waals surface area contributed by atoms with E-state index in [0.29, 0.717) is 13.0 Å². The van der Waals surface area contributed by atoms with Crippen molar-refractivity contribution in [1.29, 1.82) is 0 Å². The Morgan fingerprint density at radius 1 is 0.970 bits per heavy atom. The molecule has 10 nitrogen and oxygen atoms in total. The Hall–Kier alpha value is -3.44. The van der Waals surface area contributed by atoms with Gasteiger partial charge in [0.2, 0.25) is 21.8 Å². The van der Waals surface area contributed by atoms with Gasteiger partial charge in [0.25, 0.3) is 0 Å². The molecule has 0 heterocycles. The minimum absolute atomic E-state index is 0.0269. The van der Waals surface area contributed by atoms with E-state index in [0.717, 1.165) is 5.56 Å². The molecule has 0 aliphatic carbocycles. The number of nitrogens with two attached hydrogens (primary N) is 2. The highest BCUT2D eigenvalue weighted by Gasteiger charge is 2.28. The molecule has 33 heavy (non-hydrogen) atoms. The second-order valence-electron chi connectivity index (χ2n) is 7.32. The zero-order chi connectivity index (χ0) is 24.3. The highest BCUT2D eigenvalue weighted by Crippen LogP contribution is 2.11. The van der Waals surface area contributed by atoms with Gasteiger partial charge in [-0.15, -0.1) is 0 Å². The largest absolute Gasteiger partial charge is 0.370 e. The maximum atomic E-state index is 13.0. The molecule has 0 radical (unpaired) electrons. The number of aliphatic imine (C=N–C) groups is 1. The molecule has 0 saturated carbocycles. The van der Waals surface area contributed by atoms with E-state index < -0.39 is 33.9 Å². The van der Waals surface area contributed by atoms with E-state index in [9.17, 15) is 18.0 Å². The van der Waals surface area contributed by atoms with Gasteiger partial charge in [-0.2, -0.15) is 4.72 Å². The van der Waals surface area contributed by atoms with E-state index in [2.05, 4.69) is 20.3 Å². The monoisotopic (exact) mass is 474 g/mol. The van der Waals surface area contributed by atoms with Crippen LogP contribution in [0.2, 0.25) is 0 Å². The first-order valence-corrected chi connectivity index (χ1v) is 11.9. The van der Waals surface area contributed by atoms with Gasteiger partial charge in [-0.3, -0.25) is 14.6 Å². The fourth-order valence-corrected chi connectivity index (χ4v) is 4.30. The van der Waals surface area contributed by atoms with Crippen LogP contribution in [0.25, 0.3) is 0 Å². The predicted octanol–water partition coefficient (Wildman–Crippen LogP) is -0.139. The Balaban J connectivity index is 2.15. The quantitative estimate of drug-likeness (QED) is 0.163. The van der Waals surface area contributed by atoms with E-state index in [4.69, 9.17) is 11.5 Å². The number of guanidine groups is 1. The number of carbonyl (C=O) groups is 2. The van der Waals surface area contributed by atoms with Gasteiger partial charge in [-0.05, 0) is 30.5 Å². The molecular formula is C22H30N6O4S. The summed E-state index contributed by atoms with van der Waals surface area (Å²) in [5.41, 5.74) is 11.9. The van der Waals surface area contributed by atoms with Crippen molar-refractivity contribution in [2.24, 2.45) is 16.5 Å². The Kier molecular flexibility index (Phi) is 9.83. The SMILES string of the molecule is CN=C(N)NCCC[C@H](NS(=O)(=O)c1ccccc1)C(=O)N[C@@H](Cc1ccccc1)C(N)=O. The van der Waals surface area contributed by atoms with E-state index in [1.54, 1.807) is 18.2 Å². The minimum atomic E-state index is -3.97. The molecule has 0 bridgehead atoms. The molecule has 0 saturated heterocycles. The number of hydrogen-bond donors (Lipinski definition) is 5. The average molecular weight is 475 g/mol. The van der Waals surface area contributed by atoms with Crippen LogP contribution in [-0.2, 0) is 26.0 Å². The number of benzene rings is 2. The van der Waals surface area contributed by atoms with E-state index in [1.807, 2.05) is 30.3 Å². The van der Waals surface area contributed by atoms with Gasteiger partial charge in [0.05, 0.1) is 4.90 Å². The maximum Gasteiger partial charge on any atom is 0.241 e. The highest BCUT2D eigenvalue weighted by atomic mass is 32.2. The summed E-state index contributed by atoms with van der Waals surface area (Å²) in [5.74, 6) is -1.13. The summed E-state index contributed by atoms with van der Waals surface area (Å²) < 4.78 is 28.1. The molecule has 2 amide bonds. The van der Waals surface area contributed by atoms with Crippen LogP contribution in [0.4, 0.5) is 0 Å². The lowest BCUT2D eigenvalue weighted by Crippen LogP contribution is -2.53. The Morgan fingerprint density at radius 3 is 2.15 bits per heavy atom. The fourth-order valence-electron chi connectivity index (χ4n) is 3.05. The van der Waals surface area contributed by atoms with Crippen LogP contribution in [0, 0.1) is 0 Å². The van der Waals surface area contributed by atoms with Gasteiger partial charge in [0.1, 0.15) is 12.1 Å². The Morgan fingerprint density at radius 2 is 1.58 bits per heavy atom.